The summed E-state index contributed by atoms with van der Waals surface area (Å²) in [6.45, 7) is 4.39. The number of nitrogens with one attached hydrogen (secondary N) is 2. The van der Waals surface area contributed by atoms with E-state index in [-0.39, 0.29) is 11.5 Å². The minimum Gasteiger partial charge on any atom is -0.478 e. The van der Waals surface area contributed by atoms with Crippen LogP contribution < -0.4 is 10.6 Å². The van der Waals surface area contributed by atoms with Gasteiger partial charge in [0.1, 0.15) is 10.6 Å². The molecule has 1 amide bonds. The number of aromatic nitrogens is 1. The lowest BCUT2D eigenvalue weighted by atomic mass is 9.93. The van der Waals surface area contributed by atoms with Gasteiger partial charge >= 0.3 is 5.97 Å². The van der Waals surface area contributed by atoms with Crippen LogP contribution in [-0.4, -0.2) is 33.4 Å². The Balaban J connectivity index is 2.22. The first-order chi connectivity index (χ1) is 9.00. The Labute approximate surface area is 115 Å². The maximum absolute atomic E-state index is 12.4. The number of carbonyl (C=O) groups excluding carboxylic acids is 1. The smallest absolute Gasteiger partial charge is 0.340 e. The van der Waals surface area contributed by atoms with Crippen LogP contribution in [0.3, 0.4) is 0 Å². The molecule has 1 unspecified atom stereocenters. The minimum absolute atomic E-state index is 0.0857. The molecule has 3 N–H and O–H groups in total. The second kappa shape index (κ2) is 5.26. The van der Waals surface area contributed by atoms with E-state index >= 15 is 0 Å². The fraction of sp³-hybridized carbons (Fsp3) is 0.583. The summed E-state index contributed by atoms with van der Waals surface area (Å²) < 4.78 is 3.99. The van der Waals surface area contributed by atoms with Gasteiger partial charge < -0.3 is 15.7 Å². The summed E-state index contributed by atoms with van der Waals surface area (Å²) >= 11 is 1.01. The molecule has 0 saturated carbocycles. The van der Waals surface area contributed by atoms with Crippen LogP contribution >= 0.6 is 11.5 Å². The fourth-order valence-electron chi connectivity index (χ4n) is 2.39. The number of nitrogens with zero attached hydrogens (tertiary/aromatic N) is 1. The molecule has 1 saturated heterocycles. The molecular weight excluding hydrogens is 266 g/mol. The number of rotatable bonds is 4. The van der Waals surface area contributed by atoms with Crippen LogP contribution in [0.5, 0.6) is 0 Å². The quantitative estimate of drug-likeness (QED) is 0.781. The molecule has 1 aliphatic heterocycles. The van der Waals surface area contributed by atoms with E-state index in [9.17, 15) is 9.59 Å². The fourth-order valence-corrected chi connectivity index (χ4v) is 3.18. The van der Waals surface area contributed by atoms with Gasteiger partial charge in [-0.3, -0.25) is 4.79 Å². The Bertz CT molecular complexity index is 506. The average Bonchev–Trinajstić information content (AvgIpc) is 2.97. The molecular formula is C12H17N3O3S. The lowest BCUT2D eigenvalue weighted by molar-refractivity contribution is -0.122. The maximum Gasteiger partial charge on any atom is 0.340 e. The summed E-state index contributed by atoms with van der Waals surface area (Å²) in [5.74, 6) is -1.23. The molecule has 7 heteroatoms. The number of hydrogen-bond donors (Lipinski definition) is 3. The van der Waals surface area contributed by atoms with E-state index in [2.05, 4.69) is 15.0 Å². The van der Waals surface area contributed by atoms with E-state index in [4.69, 9.17) is 5.11 Å². The van der Waals surface area contributed by atoms with E-state index < -0.39 is 11.5 Å². The second-order valence-electron chi connectivity index (χ2n) is 4.70. The van der Waals surface area contributed by atoms with Gasteiger partial charge in [-0.25, -0.2) is 4.79 Å². The summed E-state index contributed by atoms with van der Waals surface area (Å²) in [5.41, 5.74) is -0.0615. The van der Waals surface area contributed by atoms with Gasteiger partial charge in [0, 0.05) is 0 Å². The van der Waals surface area contributed by atoms with E-state index in [0.29, 0.717) is 17.1 Å². The zero-order valence-electron chi connectivity index (χ0n) is 10.9. The van der Waals surface area contributed by atoms with Crippen molar-refractivity contribution in [2.45, 2.75) is 38.6 Å². The maximum atomic E-state index is 12.4. The Kier molecular flexibility index (Phi) is 3.86. The minimum atomic E-state index is -1.06. The van der Waals surface area contributed by atoms with Crippen molar-refractivity contribution in [3.05, 3.63) is 11.3 Å². The van der Waals surface area contributed by atoms with Crippen molar-refractivity contribution in [3.63, 3.8) is 0 Å². The lowest BCUT2D eigenvalue weighted by Gasteiger charge is -2.26. The third-order valence-corrected chi connectivity index (χ3v) is 4.44. The van der Waals surface area contributed by atoms with Gasteiger partial charge in [0.15, 0.2) is 0 Å². The Morgan fingerprint density at radius 1 is 1.58 bits per heavy atom. The van der Waals surface area contributed by atoms with Crippen molar-refractivity contribution in [1.29, 1.82) is 0 Å². The van der Waals surface area contributed by atoms with Crippen LogP contribution in [0, 0.1) is 6.92 Å². The van der Waals surface area contributed by atoms with Crippen molar-refractivity contribution in [2.75, 3.05) is 11.9 Å². The molecule has 0 aliphatic carbocycles. The third-order valence-electron chi connectivity index (χ3n) is 3.59. The molecule has 2 heterocycles. The number of aromatic carboxylic acids is 1. The zero-order valence-corrected chi connectivity index (χ0v) is 11.8. The van der Waals surface area contributed by atoms with Crippen LogP contribution in [0.4, 0.5) is 5.00 Å². The molecule has 19 heavy (non-hydrogen) atoms. The molecule has 1 atom stereocenters. The van der Waals surface area contributed by atoms with Crippen LogP contribution in [0.1, 0.15) is 42.2 Å². The first-order valence-electron chi connectivity index (χ1n) is 6.26. The largest absolute Gasteiger partial charge is 0.478 e. The number of carbonyl (C=O) groups is 2. The number of hydrogen-bond acceptors (Lipinski definition) is 5. The Morgan fingerprint density at radius 2 is 2.32 bits per heavy atom. The van der Waals surface area contributed by atoms with Gasteiger partial charge in [-0.2, -0.15) is 4.37 Å². The molecule has 0 bridgehead atoms. The van der Waals surface area contributed by atoms with Gasteiger partial charge in [-0.15, -0.1) is 0 Å². The molecule has 2 rings (SSSR count). The molecule has 1 aromatic heterocycles. The van der Waals surface area contributed by atoms with E-state index in [0.717, 1.165) is 30.9 Å². The first-order valence-corrected chi connectivity index (χ1v) is 7.03. The summed E-state index contributed by atoms with van der Waals surface area (Å²) in [6.07, 6.45) is 2.41. The van der Waals surface area contributed by atoms with Gasteiger partial charge in [-0.1, -0.05) is 6.92 Å². The first kappa shape index (κ1) is 14.0. The van der Waals surface area contributed by atoms with Gasteiger partial charge in [-0.05, 0) is 44.3 Å². The van der Waals surface area contributed by atoms with Crippen LogP contribution in [0.2, 0.25) is 0 Å². The summed E-state index contributed by atoms with van der Waals surface area (Å²) in [7, 11) is 0. The van der Waals surface area contributed by atoms with Crippen LogP contribution in [-0.2, 0) is 4.79 Å². The lowest BCUT2D eigenvalue weighted by Crippen LogP contribution is -2.50. The highest BCUT2D eigenvalue weighted by molar-refractivity contribution is 7.11. The number of amides is 1. The highest BCUT2D eigenvalue weighted by Gasteiger charge is 2.39. The zero-order chi connectivity index (χ0) is 14.0. The van der Waals surface area contributed by atoms with Gasteiger partial charge in [0.2, 0.25) is 5.91 Å². The standard InChI is InChI=1S/C12H17N3O3S/c1-3-12(5-4-6-13-12)11(18)14-9-8(10(16)17)7(2)15-19-9/h13H,3-6H2,1-2H3,(H,14,18)(H,16,17). The predicted molar refractivity (Wildman–Crippen MR) is 72.7 cm³/mol. The monoisotopic (exact) mass is 283 g/mol. The van der Waals surface area contributed by atoms with Crippen LogP contribution in [0.15, 0.2) is 0 Å². The molecule has 104 valence electrons. The molecule has 6 nitrogen and oxygen atoms in total. The number of carboxylic acids is 1. The van der Waals surface area contributed by atoms with Gasteiger partial charge in [0.05, 0.1) is 11.2 Å². The molecule has 0 spiro atoms. The van der Waals surface area contributed by atoms with Crippen LogP contribution in [0.25, 0.3) is 0 Å². The van der Waals surface area contributed by atoms with Crippen molar-refractivity contribution < 1.29 is 14.7 Å². The highest BCUT2D eigenvalue weighted by atomic mass is 32.1. The molecule has 1 aromatic rings. The highest BCUT2D eigenvalue weighted by Crippen LogP contribution is 2.29. The SMILES string of the molecule is CCC1(C(=O)Nc2snc(C)c2C(=O)O)CCCN1. The number of carboxylic acid groups (broad SMARTS) is 1. The topological polar surface area (TPSA) is 91.3 Å². The average molecular weight is 283 g/mol. The van der Waals surface area contributed by atoms with Crippen molar-refractivity contribution >= 4 is 28.4 Å². The molecule has 0 radical (unpaired) electrons. The normalized spacial score (nSPS) is 22.4. The molecule has 1 aliphatic rings. The predicted octanol–water partition coefficient (Wildman–Crippen LogP) is 1.62. The van der Waals surface area contributed by atoms with E-state index in [1.54, 1.807) is 6.92 Å². The summed E-state index contributed by atoms with van der Waals surface area (Å²) in [6, 6.07) is 0. The van der Waals surface area contributed by atoms with E-state index in [1.165, 1.54) is 0 Å². The molecule has 1 fully saturated rings. The third kappa shape index (κ3) is 2.48. The summed E-state index contributed by atoms with van der Waals surface area (Å²) in [5, 5.41) is 15.4. The Morgan fingerprint density at radius 3 is 2.84 bits per heavy atom. The number of aryl methyl sites for hydroxylation is 1. The number of anilines is 1. The van der Waals surface area contributed by atoms with Crippen molar-refractivity contribution in [2.24, 2.45) is 0 Å². The molecule has 0 aromatic carbocycles. The summed E-state index contributed by atoms with van der Waals surface area (Å²) in [4.78, 5) is 23.5. The van der Waals surface area contributed by atoms with Crippen molar-refractivity contribution in [3.8, 4) is 0 Å². The Hall–Kier alpha value is -1.47. The van der Waals surface area contributed by atoms with Crippen molar-refractivity contribution in [1.82, 2.24) is 9.69 Å². The van der Waals surface area contributed by atoms with E-state index in [1.807, 2.05) is 6.92 Å². The van der Waals surface area contributed by atoms with Gasteiger partial charge in [0.25, 0.3) is 0 Å². The second-order valence-corrected chi connectivity index (χ2v) is 5.47.